The molecule has 9 atom stereocenters. The summed E-state index contributed by atoms with van der Waals surface area (Å²) in [6, 6.07) is 0. The van der Waals surface area contributed by atoms with Gasteiger partial charge in [-0.3, -0.25) is 0 Å². The second-order valence-corrected chi connectivity index (χ2v) is 12.0. The van der Waals surface area contributed by atoms with E-state index in [1.165, 1.54) is 19.3 Å². The molecule has 4 fully saturated rings. The Labute approximate surface area is 175 Å². The molecular formula is C25H42F2O2. The Morgan fingerprint density at radius 3 is 2.31 bits per heavy atom. The number of hydrogen-bond acceptors (Lipinski definition) is 2. The van der Waals surface area contributed by atoms with E-state index in [4.69, 9.17) is 0 Å². The topological polar surface area (TPSA) is 40.5 Å². The third kappa shape index (κ3) is 3.49. The van der Waals surface area contributed by atoms with Gasteiger partial charge in [-0.2, -0.15) is 0 Å². The lowest BCUT2D eigenvalue weighted by atomic mass is 9.43. The molecular weight excluding hydrogens is 370 g/mol. The number of alkyl halides is 2. The van der Waals surface area contributed by atoms with E-state index in [0.29, 0.717) is 23.2 Å². The number of halogens is 2. The maximum Gasteiger partial charge on any atom is 0.270 e. The highest BCUT2D eigenvalue weighted by atomic mass is 19.3. The highest BCUT2D eigenvalue weighted by Gasteiger charge is 2.61. The van der Waals surface area contributed by atoms with E-state index in [0.717, 1.165) is 57.8 Å². The highest BCUT2D eigenvalue weighted by molar-refractivity contribution is 5.10. The summed E-state index contributed by atoms with van der Waals surface area (Å²) in [6.07, 6.45) is 9.53. The standard InChI is InChI=1S/C25H42F2O2/c1-5-25(29)13-12-23(3)17(15-25)6-8-18-19-9-7-16(14-21(28)24(4,26)27)22(19,2)11-10-20(18)23/h16-21,28-29H,5-15H2,1-4H3/t16-,17?,18+,19?,20?,21-,22-,23+,25+/m1/s1. The van der Waals surface area contributed by atoms with Gasteiger partial charge in [0.1, 0.15) is 6.10 Å². The molecule has 0 saturated heterocycles. The van der Waals surface area contributed by atoms with E-state index < -0.39 is 17.6 Å². The van der Waals surface area contributed by atoms with Gasteiger partial charge in [-0.05, 0) is 111 Å². The Hall–Kier alpha value is -0.220. The molecule has 4 aliphatic carbocycles. The van der Waals surface area contributed by atoms with E-state index in [2.05, 4.69) is 20.8 Å². The molecule has 29 heavy (non-hydrogen) atoms. The lowest BCUT2D eigenvalue weighted by Crippen LogP contribution is -2.56. The molecule has 4 aliphatic rings. The fraction of sp³-hybridized carbons (Fsp3) is 1.00. The van der Waals surface area contributed by atoms with Crippen molar-refractivity contribution in [3.05, 3.63) is 0 Å². The second kappa shape index (κ2) is 7.15. The van der Waals surface area contributed by atoms with Crippen molar-refractivity contribution in [1.82, 2.24) is 0 Å². The molecule has 4 rings (SSSR count). The summed E-state index contributed by atoms with van der Waals surface area (Å²) >= 11 is 0. The van der Waals surface area contributed by atoms with Gasteiger partial charge in [0, 0.05) is 6.92 Å². The van der Waals surface area contributed by atoms with Crippen molar-refractivity contribution >= 4 is 0 Å². The minimum absolute atomic E-state index is 0.107. The van der Waals surface area contributed by atoms with Crippen LogP contribution in [0.15, 0.2) is 0 Å². The SMILES string of the molecule is CC[C@]1(O)CC[C@@]2(C)C(CC[C@@H]3C2CC[C@@]2(C)C3CC[C@@H]2C[C@@H](O)C(C)(F)F)C1. The van der Waals surface area contributed by atoms with Crippen molar-refractivity contribution in [2.75, 3.05) is 0 Å². The predicted octanol–water partition coefficient (Wildman–Crippen LogP) is 6.19. The summed E-state index contributed by atoms with van der Waals surface area (Å²) in [5, 5.41) is 21.0. The molecule has 0 heterocycles. The van der Waals surface area contributed by atoms with Gasteiger partial charge in [-0.25, -0.2) is 8.78 Å². The molecule has 4 heteroatoms. The molecule has 0 bridgehead atoms. The van der Waals surface area contributed by atoms with Crippen LogP contribution in [0.25, 0.3) is 0 Å². The average molecular weight is 413 g/mol. The van der Waals surface area contributed by atoms with Gasteiger partial charge in [0.05, 0.1) is 5.60 Å². The van der Waals surface area contributed by atoms with Crippen LogP contribution in [0.2, 0.25) is 0 Å². The van der Waals surface area contributed by atoms with Crippen LogP contribution in [0.3, 0.4) is 0 Å². The van der Waals surface area contributed by atoms with E-state index in [9.17, 15) is 19.0 Å². The van der Waals surface area contributed by atoms with Gasteiger partial charge in [0.2, 0.25) is 0 Å². The molecule has 0 aliphatic heterocycles. The first-order valence-electron chi connectivity index (χ1n) is 12.2. The molecule has 0 radical (unpaired) electrons. The minimum atomic E-state index is -3.00. The van der Waals surface area contributed by atoms with E-state index >= 15 is 0 Å². The lowest BCUT2D eigenvalue weighted by Gasteiger charge is -2.62. The first kappa shape index (κ1) is 22.0. The maximum absolute atomic E-state index is 13.6. The normalized spacial score (nSPS) is 51.1. The molecule has 0 aromatic heterocycles. The molecule has 0 amide bonds. The van der Waals surface area contributed by atoms with Crippen LogP contribution in [-0.4, -0.2) is 27.8 Å². The molecule has 3 unspecified atom stereocenters. The monoisotopic (exact) mass is 412 g/mol. The Bertz CT molecular complexity index is 618. The molecule has 2 nitrogen and oxygen atoms in total. The Morgan fingerprint density at radius 1 is 0.966 bits per heavy atom. The van der Waals surface area contributed by atoms with Gasteiger partial charge in [-0.1, -0.05) is 20.8 Å². The van der Waals surface area contributed by atoms with Crippen molar-refractivity contribution in [2.45, 2.75) is 116 Å². The van der Waals surface area contributed by atoms with Gasteiger partial charge in [0.25, 0.3) is 5.92 Å². The van der Waals surface area contributed by atoms with E-state index in [-0.39, 0.29) is 17.8 Å². The first-order chi connectivity index (χ1) is 13.4. The van der Waals surface area contributed by atoms with Crippen molar-refractivity contribution in [3.8, 4) is 0 Å². The Balaban J connectivity index is 1.51. The van der Waals surface area contributed by atoms with Crippen molar-refractivity contribution in [2.24, 2.45) is 40.4 Å². The largest absolute Gasteiger partial charge is 0.390 e. The summed E-state index contributed by atoms with van der Waals surface area (Å²) in [7, 11) is 0. The van der Waals surface area contributed by atoms with Gasteiger partial charge < -0.3 is 10.2 Å². The number of hydrogen-bond donors (Lipinski definition) is 2. The van der Waals surface area contributed by atoms with E-state index in [1.54, 1.807) is 0 Å². The number of aliphatic hydroxyl groups is 2. The number of aliphatic hydroxyl groups excluding tert-OH is 1. The zero-order valence-electron chi connectivity index (χ0n) is 18.9. The van der Waals surface area contributed by atoms with Crippen LogP contribution in [0.1, 0.15) is 98.3 Å². The second-order valence-electron chi connectivity index (χ2n) is 12.0. The maximum atomic E-state index is 13.6. The molecule has 4 saturated carbocycles. The molecule has 2 N–H and O–H groups in total. The minimum Gasteiger partial charge on any atom is -0.390 e. The van der Waals surface area contributed by atoms with Crippen LogP contribution in [0.5, 0.6) is 0 Å². The Morgan fingerprint density at radius 2 is 1.66 bits per heavy atom. The van der Waals surface area contributed by atoms with Crippen molar-refractivity contribution < 1.29 is 19.0 Å². The fourth-order valence-electron chi connectivity index (χ4n) is 8.62. The summed E-state index contributed by atoms with van der Waals surface area (Å²) in [5.74, 6) is -0.117. The van der Waals surface area contributed by atoms with Crippen molar-refractivity contribution in [3.63, 3.8) is 0 Å². The molecule has 0 spiro atoms. The summed E-state index contributed by atoms with van der Waals surface area (Å²) in [5.41, 5.74) is -0.0186. The zero-order valence-corrected chi connectivity index (χ0v) is 18.9. The molecule has 0 aromatic rings. The number of rotatable bonds is 4. The number of fused-ring (bicyclic) bond motifs is 5. The van der Waals surface area contributed by atoms with E-state index in [1.807, 2.05) is 0 Å². The summed E-state index contributed by atoms with van der Waals surface area (Å²) in [4.78, 5) is 0. The zero-order chi connectivity index (χ0) is 21.2. The fourth-order valence-corrected chi connectivity index (χ4v) is 8.62. The Kier molecular flexibility index (Phi) is 5.42. The summed E-state index contributed by atoms with van der Waals surface area (Å²) < 4.78 is 27.3. The third-order valence-corrected chi connectivity index (χ3v) is 10.8. The first-order valence-corrected chi connectivity index (χ1v) is 12.2. The van der Waals surface area contributed by atoms with Crippen molar-refractivity contribution in [1.29, 1.82) is 0 Å². The average Bonchev–Trinajstić information content (AvgIpc) is 2.98. The summed E-state index contributed by atoms with van der Waals surface area (Å²) in [6.45, 7) is 7.82. The third-order valence-electron chi connectivity index (χ3n) is 10.8. The van der Waals surface area contributed by atoms with Gasteiger partial charge >= 0.3 is 0 Å². The molecule has 0 aromatic carbocycles. The van der Waals surface area contributed by atoms with Crippen LogP contribution >= 0.6 is 0 Å². The predicted molar refractivity (Wildman–Crippen MR) is 112 cm³/mol. The van der Waals surface area contributed by atoms with Gasteiger partial charge in [-0.15, -0.1) is 0 Å². The van der Waals surface area contributed by atoms with Crippen LogP contribution in [0.4, 0.5) is 8.78 Å². The smallest absolute Gasteiger partial charge is 0.270 e. The quantitative estimate of drug-likeness (QED) is 0.578. The van der Waals surface area contributed by atoms with Crippen LogP contribution < -0.4 is 0 Å². The van der Waals surface area contributed by atoms with Crippen LogP contribution in [-0.2, 0) is 0 Å². The lowest BCUT2D eigenvalue weighted by molar-refractivity contribution is -0.155. The highest BCUT2D eigenvalue weighted by Crippen LogP contribution is 2.68. The molecule has 168 valence electrons. The van der Waals surface area contributed by atoms with Gasteiger partial charge in [0.15, 0.2) is 0 Å². The van der Waals surface area contributed by atoms with Crippen LogP contribution in [0, 0.1) is 40.4 Å².